The maximum absolute atomic E-state index is 12.9. The van der Waals surface area contributed by atoms with Gasteiger partial charge in [0.15, 0.2) is 5.82 Å². The predicted octanol–water partition coefficient (Wildman–Crippen LogP) is 2.65. The molecule has 6 heteroatoms. The standard InChI is InChI=1S/C19H23N5O/c1-11-8-14(6-7-20-11)19(25)24-9-15(12-2-3-12)16(10-24)18-21-17(22-23-18)13-4-5-13/h6-8,12-13,15-16H,2-5,9-10H2,1H3,(H,21,22,23)/t15-,16+/m1/s1. The van der Waals surface area contributed by atoms with Gasteiger partial charge in [0, 0.05) is 42.4 Å². The first-order valence-electron chi connectivity index (χ1n) is 9.33. The van der Waals surface area contributed by atoms with Crippen molar-refractivity contribution < 1.29 is 4.79 Å². The highest BCUT2D eigenvalue weighted by atomic mass is 16.2. The van der Waals surface area contributed by atoms with Crippen molar-refractivity contribution in [3.05, 3.63) is 41.2 Å². The number of aromatic amines is 1. The number of rotatable bonds is 4. The lowest BCUT2D eigenvalue weighted by Gasteiger charge is -2.16. The Labute approximate surface area is 147 Å². The van der Waals surface area contributed by atoms with Crippen molar-refractivity contribution >= 4 is 5.91 Å². The number of pyridine rings is 1. The second kappa shape index (κ2) is 5.64. The first-order valence-corrected chi connectivity index (χ1v) is 9.33. The molecule has 3 heterocycles. The Balaban J connectivity index is 1.39. The zero-order valence-electron chi connectivity index (χ0n) is 14.5. The molecule has 2 saturated carbocycles. The number of likely N-dealkylation sites (tertiary alicyclic amines) is 1. The molecule has 0 spiro atoms. The molecule has 1 aliphatic heterocycles. The number of hydrogen-bond acceptors (Lipinski definition) is 4. The van der Waals surface area contributed by atoms with Crippen LogP contribution in [-0.4, -0.2) is 44.1 Å². The molecule has 1 amide bonds. The minimum absolute atomic E-state index is 0.112. The van der Waals surface area contributed by atoms with Crippen LogP contribution in [0.25, 0.3) is 0 Å². The van der Waals surface area contributed by atoms with Crippen molar-refractivity contribution in [2.45, 2.75) is 44.4 Å². The van der Waals surface area contributed by atoms with Crippen LogP contribution in [0.4, 0.5) is 0 Å². The lowest BCUT2D eigenvalue weighted by Crippen LogP contribution is -2.29. The van der Waals surface area contributed by atoms with E-state index in [1.807, 2.05) is 24.0 Å². The quantitative estimate of drug-likeness (QED) is 0.931. The number of aromatic nitrogens is 4. The molecule has 2 aliphatic carbocycles. The fourth-order valence-corrected chi connectivity index (χ4v) is 4.13. The van der Waals surface area contributed by atoms with Gasteiger partial charge >= 0.3 is 0 Å². The van der Waals surface area contributed by atoms with Crippen LogP contribution >= 0.6 is 0 Å². The summed E-state index contributed by atoms with van der Waals surface area (Å²) in [5.74, 6) is 4.16. The van der Waals surface area contributed by atoms with E-state index in [1.54, 1.807) is 6.20 Å². The maximum Gasteiger partial charge on any atom is 0.254 e. The summed E-state index contributed by atoms with van der Waals surface area (Å²) in [6, 6.07) is 3.69. The van der Waals surface area contributed by atoms with Crippen LogP contribution in [0.1, 0.15) is 65.2 Å². The molecule has 2 atom stereocenters. The van der Waals surface area contributed by atoms with Crippen molar-refractivity contribution in [2.24, 2.45) is 11.8 Å². The molecule has 0 radical (unpaired) electrons. The number of nitrogens with one attached hydrogen (secondary N) is 1. The van der Waals surface area contributed by atoms with Gasteiger partial charge in [-0.25, -0.2) is 4.98 Å². The lowest BCUT2D eigenvalue weighted by molar-refractivity contribution is 0.0784. The molecule has 6 nitrogen and oxygen atoms in total. The van der Waals surface area contributed by atoms with Crippen molar-refractivity contribution in [1.29, 1.82) is 0 Å². The average Bonchev–Trinajstić information content (AvgIpc) is 3.55. The fourth-order valence-electron chi connectivity index (χ4n) is 4.13. The van der Waals surface area contributed by atoms with E-state index in [1.165, 1.54) is 25.7 Å². The van der Waals surface area contributed by atoms with Gasteiger partial charge in [0.2, 0.25) is 0 Å². The van der Waals surface area contributed by atoms with Crippen molar-refractivity contribution in [1.82, 2.24) is 25.1 Å². The molecule has 1 N–H and O–H groups in total. The van der Waals surface area contributed by atoms with Gasteiger partial charge in [0.1, 0.15) is 5.82 Å². The minimum atomic E-state index is 0.112. The summed E-state index contributed by atoms with van der Waals surface area (Å²) < 4.78 is 0. The third-order valence-electron chi connectivity index (χ3n) is 5.84. The molecular weight excluding hydrogens is 314 g/mol. The highest BCUT2D eigenvalue weighted by Crippen LogP contribution is 2.47. The SMILES string of the molecule is Cc1cc(C(=O)N2C[C@H](c3nc(C4CC4)n[nH]3)[C@@H](C3CC3)C2)ccn1. The molecule has 1 saturated heterocycles. The van der Waals surface area contributed by atoms with E-state index in [-0.39, 0.29) is 5.91 Å². The predicted molar refractivity (Wildman–Crippen MR) is 92.2 cm³/mol. The van der Waals surface area contributed by atoms with Crippen molar-refractivity contribution in [3.8, 4) is 0 Å². The smallest absolute Gasteiger partial charge is 0.254 e. The van der Waals surface area contributed by atoms with E-state index in [2.05, 4.69) is 15.2 Å². The second-order valence-corrected chi connectivity index (χ2v) is 7.86. The largest absolute Gasteiger partial charge is 0.338 e. The van der Waals surface area contributed by atoms with E-state index in [4.69, 9.17) is 4.98 Å². The maximum atomic E-state index is 12.9. The van der Waals surface area contributed by atoms with Crippen LogP contribution < -0.4 is 0 Å². The number of hydrogen-bond donors (Lipinski definition) is 1. The number of carbonyl (C=O) groups is 1. The van der Waals surface area contributed by atoms with Gasteiger partial charge in [-0.2, -0.15) is 5.10 Å². The van der Waals surface area contributed by atoms with Crippen LogP contribution in [-0.2, 0) is 0 Å². The summed E-state index contributed by atoms with van der Waals surface area (Å²) in [6.07, 6.45) is 6.69. The van der Waals surface area contributed by atoms with Crippen LogP contribution in [0.15, 0.2) is 18.3 Å². The first kappa shape index (κ1) is 15.0. The third kappa shape index (κ3) is 2.83. The molecule has 25 heavy (non-hydrogen) atoms. The Hall–Kier alpha value is -2.24. The number of carbonyl (C=O) groups excluding carboxylic acids is 1. The van der Waals surface area contributed by atoms with Crippen LogP contribution in [0.2, 0.25) is 0 Å². The van der Waals surface area contributed by atoms with E-state index in [0.29, 0.717) is 17.8 Å². The molecule has 2 aromatic heterocycles. The average molecular weight is 337 g/mol. The Morgan fingerprint density at radius 2 is 2.08 bits per heavy atom. The molecular formula is C19H23N5O. The normalized spacial score (nSPS) is 26.2. The van der Waals surface area contributed by atoms with Crippen LogP contribution in [0, 0.1) is 18.8 Å². The molecule has 5 rings (SSSR count). The van der Waals surface area contributed by atoms with E-state index in [9.17, 15) is 4.79 Å². The Kier molecular flexibility index (Phi) is 3.40. The molecule has 3 fully saturated rings. The zero-order chi connectivity index (χ0) is 17.0. The van der Waals surface area contributed by atoms with Gasteiger partial charge in [-0.05, 0) is 56.6 Å². The van der Waals surface area contributed by atoms with Gasteiger partial charge < -0.3 is 4.90 Å². The highest BCUT2D eigenvalue weighted by molar-refractivity contribution is 5.94. The lowest BCUT2D eigenvalue weighted by atomic mass is 9.91. The van der Waals surface area contributed by atoms with Gasteiger partial charge in [-0.15, -0.1) is 0 Å². The van der Waals surface area contributed by atoms with E-state index < -0.39 is 0 Å². The van der Waals surface area contributed by atoms with Gasteiger partial charge in [0.05, 0.1) is 0 Å². The molecule has 0 aromatic carbocycles. The molecule has 130 valence electrons. The molecule has 0 unspecified atom stereocenters. The second-order valence-electron chi connectivity index (χ2n) is 7.86. The fraction of sp³-hybridized carbons (Fsp3) is 0.579. The van der Waals surface area contributed by atoms with Crippen molar-refractivity contribution in [2.75, 3.05) is 13.1 Å². The number of amides is 1. The number of aryl methyl sites for hydroxylation is 1. The van der Waals surface area contributed by atoms with Gasteiger partial charge in [-0.3, -0.25) is 14.9 Å². The summed E-state index contributed by atoms with van der Waals surface area (Å²) in [6.45, 7) is 3.49. The van der Waals surface area contributed by atoms with E-state index in [0.717, 1.165) is 41.9 Å². The van der Waals surface area contributed by atoms with Gasteiger partial charge in [-0.1, -0.05) is 0 Å². The van der Waals surface area contributed by atoms with Crippen LogP contribution in [0.5, 0.6) is 0 Å². The summed E-state index contributed by atoms with van der Waals surface area (Å²) >= 11 is 0. The number of nitrogens with zero attached hydrogens (tertiary/aromatic N) is 4. The third-order valence-corrected chi connectivity index (χ3v) is 5.84. The zero-order valence-corrected chi connectivity index (χ0v) is 14.5. The Morgan fingerprint density at radius 3 is 2.80 bits per heavy atom. The highest BCUT2D eigenvalue weighted by Gasteiger charge is 2.46. The van der Waals surface area contributed by atoms with Crippen LogP contribution in [0.3, 0.4) is 0 Å². The molecule has 0 bridgehead atoms. The number of H-pyrrole nitrogens is 1. The topological polar surface area (TPSA) is 74.8 Å². The van der Waals surface area contributed by atoms with Gasteiger partial charge in [0.25, 0.3) is 5.91 Å². The monoisotopic (exact) mass is 337 g/mol. The summed E-state index contributed by atoms with van der Waals surface area (Å²) in [5, 5.41) is 7.61. The van der Waals surface area contributed by atoms with Crippen molar-refractivity contribution in [3.63, 3.8) is 0 Å². The summed E-state index contributed by atoms with van der Waals surface area (Å²) in [5.41, 5.74) is 1.61. The Morgan fingerprint density at radius 1 is 1.24 bits per heavy atom. The summed E-state index contributed by atoms with van der Waals surface area (Å²) in [4.78, 5) is 23.9. The minimum Gasteiger partial charge on any atom is -0.338 e. The molecule has 2 aromatic rings. The summed E-state index contributed by atoms with van der Waals surface area (Å²) in [7, 11) is 0. The van der Waals surface area contributed by atoms with E-state index >= 15 is 0 Å². The first-order chi connectivity index (χ1) is 12.2. The Bertz CT molecular complexity index is 808. The molecule has 3 aliphatic rings.